The zero-order chi connectivity index (χ0) is 17.6. The van der Waals surface area contributed by atoms with E-state index in [4.69, 9.17) is 18.9 Å². The molecular formula is C20H22O5. The van der Waals surface area contributed by atoms with Gasteiger partial charge >= 0.3 is 5.97 Å². The standard InChI is InChI=1S/C20H22O5/c1-22-17-12-15-7-10-19(21)24-11-3-4-14-5-8-16(9-6-14)25-18(13-15)20(17)23-2/h5-6,8-9,12-13H,3-4,7,10-11H2,1-2H3. The summed E-state index contributed by atoms with van der Waals surface area (Å²) in [6, 6.07) is 11.6. The number of ether oxygens (including phenoxy) is 4. The first-order valence-electron chi connectivity index (χ1n) is 8.37. The van der Waals surface area contributed by atoms with Gasteiger partial charge < -0.3 is 18.9 Å². The number of carbonyl (C=O) groups excluding carboxylic acids is 1. The molecule has 0 spiro atoms. The molecule has 2 aliphatic heterocycles. The molecule has 0 N–H and O–H groups in total. The fourth-order valence-electron chi connectivity index (χ4n) is 2.84. The molecule has 0 fully saturated rings. The van der Waals surface area contributed by atoms with Crippen LogP contribution in [0.3, 0.4) is 0 Å². The van der Waals surface area contributed by atoms with Crippen molar-refractivity contribution in [2.24, 2.45) is 0 Å². The van der Waals surface area contributed by atoms with E-state index in [1.54, 1.807) is 14.2 Å². The molecular weight excluding hydrogens is 320 g/mol. The predicted molar refractivity (Wildman–Crippen MR) is 93.7 cm³/mol. The fraction of sp³-hybridized carbons (Fsp3) is 0.350. The second kappa shape index (κ2) is 7.92. The lowest BCUT2D eigenvalue weighted by Crippen LogP contribution is -2.08. The van der Waals surface area contributed by atoms with Crippen LogP contribution >= 0.6 is 0 Å². The highest BCUT2D eigenvalue weighted by Gasteiger charge is 2.16. The number of esters is 1. The maximum Gasteiger partial charge on any atom is 0.306 e. The van der Waals surface area contributed by atoms with E-state index in [1.807, 2.05) is 36.4 Å². The predicted octanol–water partition coefficient (Wildman–Crippen LogP) is 3.92. The van der Waals surface area contributed by atoms with Gasteiger partial charge in [0.1, 0.15) is 5.75 Å². The molecule has 4 rings (SSSR count). The molecule has 2 heterocycles. The van der Waals surface area contributed by atoms with Crippen LogP contribution in [-0.2, 0) is 22.4 Å². The van der Waals surface area contributed by atoms with E-state index in [9.17, 15) is 4.79 Å². The van der Waals surface area contributed by atoms with Crippen molar-refractivity contribution in [3.05, 3.63) is 47.5 Å². The van der Waals surface area contributed by atoms with Gasteiger partial charge in [-0.05, 0) is 54.7 Å². The first kappa shape index (κ1) is 17.1. The summed E-state index contributed by atoms with van der Waals surface area (Å²) in [7, 11) is 3.16. The Bertz CT molecular complexity index is 736. The van der Waals surface area contributed by atoms with Crippen LogP contribution in [0.2, 0.25) is 0 Å². The third kappa shape index (κ3) is 4.24. The van der Waals surface area contributed by atoms with Crippen molar-refractivity contribution in [2.75, 3.05) is 20.8 Å². The van der Waals surface area contributed by atoms with Crippen molar-refractivity contribution in [3.63, 3.8) is 0 Å². The van der Waals surface area contributed by atoms with Gasteiger partial charge in [0.15, 0.2) is 11.5 Å². The number of hydrogen-bond donors (Lipinski definition) is 0. The Hall–Kier alpha value is -2.69. The Morgan fingerprint density at radius 3 is 2.44 bits per heavy atom. The highest BCUT2D eigenvalue weighted by Crippen LogP contribution is 2.41. The normalized spacial score (nSPS) is 14.7. The van der Waals surface area contributed by atoms with E-state index in [1.165, 1.54) is 5.56 Å². The number of hydrogen-bond acceptors (Lipinski definition) is 5. The van der Waals surface area contributed by atoms with Crippen molar-refractivity contribution in [2.45, 2.75) is 25.7 Å². The second-order valence-electron chi connectivity index (χ2n) is 5.90. The van der Waals surface area contributed by atoms with Gasteiger partial charge in [0, 0.05) is 6.42 Å². The summed E-state index contributed by atoms with van der Waals surface area (Å²) < 4.78 is 22.2. The van der Waals surface area contributed by atoms with E-state index >= 15 is 0 Å². The lowest BCUT2D eigenvalue weighted by molar-refractivity contribution is -0.143. The third-order valence-corrected chi connectivity index (χ3v) is 4.15. The number of carbonyl (C=O) groups is 1. The van der Waals surface area contributed by atoms with Crippen LogP contribution in [0.15, 0.2) is 36.4 Å². The maximum absolute atomic E-state index is 11.9. The van der Waals surface area contributed by atoms with Crippen LogP contribution < -0.4 is 14.2 Å². The molecule has 2 aromatic rings. The van der Waals surface area contributed by atoms with Crippen molar-refractivity contribution in [3.8, 4) is 23.0 Å². The molecule has 0 saturated heterocycles. The summed E-state index contributed by atoms with van der Waals surface area (Å²) in [4.78, 5) is 11.9. The largest absolute Gasteiger partial charge is 0.493 e. The quantitative estimate of drug-likeness (QED) is 0.774. The van der Waals surface area contributed by atoms with Crippen molar-refractivity contribution >= 4 is 5.97 Å². The molecule has 0 amide bonds. The van der Waals surface area contributed by atoms with Crippen molar-refractivity contribution < 1.29 is 23.7 Å². The van der Waals surface area contributed by atoms with Gasteiger partial charge in [-0.2, -0.15) is 0 Å². The molecule has 0 saturated carbocycles. The number of rotatable bonds is 2. The number of benzene rings is 2. The SMILES string of the molecule is COc1cc2cc(c1OC)Oc1ccc(cc1)CCCOC(=O)CC2. The molecule has 132 valence electrons. The Labute approximate surface area is 147 Å². The van der Waals surface area contributed by atoms with Crippen LogP contribution in [0, 0.1) is 0 Å². The molecule has 0 unspecified atom stereocenters. The Balaban J connectivity index is 1.99. The smallest absolute Gasteiger partial charge is 0.306 e. The minimum atomic E-state index is -0.193. The van der Waals surface area contributed by atoms with Crippen molar-refractivity contribution in [1.82, 2.24) is 0 Å². The van der Waals surface area contributed by atoms with Crippen LogP contribution in [0.5, 0.6) is 23.0 Å². The summed E-state index contributed by atoms with van der Waals surface area (Å²) in [5, 5.41) is 0. The zero-order valence-corrected chi connectivity index (χ0v) is 14.5. The fourth-order valence-corrected chi connectivity index (χ4v) is 2.84. The van der Waals surface area contributed by atoms with Crippen LogP contribution in [0.4, 0.5) is 0 Å². The van der Waals surface area contributed by atoms with Crippen LogP contribution in [0.1, 0.15) is 24.0 Å². The molecule has 0 atom stereocenters. The second-order valence-corrected chi connectivity index (χ2v) is 5.90. The maximum atomic E-state index is 11.9. The summed E-state index contributed by atoms with van der Waals surface area (Å²) in [5.74, 6) is 2.20. The van der Waals surface area contributed by atoms with Gasteiger partial charge in [-0.15, -0.1) is 0 Å². The monoisotopic (exact) mass is 342 g/mol. The molecule has 0 aliphatic carbocycles. The molecule has 2 aliphatic rings. The average molecular weight is 342 g/mol. The van der Waals surface area contributed by atoms with Gasteiger partial charge in [-0.25, -0.2) is 0 Å². The molecule has 5 nitrogen and oxygen atoms in total. The first-order chi connectivity index (χ1) is 12.2. The van der Waals surface area contributed by atoms with Gasteiger partial charge in [0.2, 0.25) is 5.75 Å². The number of methoxy groups -OCH3 is 2. The molecule has 25 heavy (non-hydrogen) atoms. The Morgan fingerprint density at radius 2 is 1.72 bits per heavy atom. The van der Waals surface area contributed by atoms with Crippen LogP contribution in [0.25, 0.3) is 0 Å². The van der Waals surface area contributed by atoms with Gasteiger partial charge in [-0.3, -0.25) is 4.79 Å². The zero-order valence-electron chi connectivity index (χ0n) is 14.5. The number of fused-ring (bicyclic) bond motifs is 8. The molecule has 4 bridgehead atoms. The Morgan fingerprint density at radius 1 is 0.920 bits per heavy atom. The Kier molecular flexibility index (Phi) is 5.43. The molecule has 2 aromatic carbocycles. The topological polar surface area (TPSA) is 54.0 Å². The highest BCUT2D eigenvalue weighted by atomic mass is 16.5. The minimum absolute atomic E-state index is 0.193. The number of aryl methyl sites for hydroxylation is 2. The van der Waals surface area contributed by atoms with Gasteiger partial charge in [0.05, 0.1) is 20.8 Å². The first-order valence-corrected chi connectivity index (χ1v) is 8.37. The highest BCUT2D eigenvalue weighted by molar-refractivity contribution is 5.70. The lowest BCUT2D eigenvalue weighted by Gasteiger charge is -2.15. The van der Waals surface area contributed by atoms with Crippen LogP contribution in [-0.4, -0.2) is 26.8 Å². The van der Waals surface area contributed by atoms with Crippen molar-refractivity contribution in [1.29, 1.82) is 0 Å². The van der Waals surface area contributed by atoms with E-state index in [-0.39, 0.29) is 5.97 Å². The van der Waals surface area contributed by atoms with E-state index in [2.05, 4.69) is 0 Å². The van der Waals surface area contributed by atoms with E-state index in [0.717, 1.165) is 24.2 Å². The summed E-state index contributed by atoms with van der Waals surface area (Å²) in [5.41, 5.74) is 2.10. The minimum Gasteiger partial charge on any atom is -0.493 e. The van der Waals surface area contributed by atoms with E-state index < -0.39 is 0 Å². The lowest BCUT2D eigenvalue weighted by atomic mass is 10.1. The van der Waals surface area contributed by atoms with Gasteiger partial charge in [-0.1, -0.05) is 12.1 Å². The van der Waals surface area contributed by atoms with E-state index in [0.29, 0.717) is 36.7 Å². The molecule has 5 heteroatoms. The summed E-state index contributed by atoms with van der Waals surface area (Å²) in [6.45, 7) is 0.439. The molecule has 0 radical (unpaired) electrons. The van der Waals surface area contributed by atoms with Gasteiger partial charge in [0.25, 0.3) is 0 Å². The summed E-state index contributed by atoms with van der Waals surface area (Å²) >= 11 is 0. The average Bonchev–Trinajstić information content (AvgIpc) is 2.64. The summed E-state index contributed by atoms with van der Waals surface area (Å²) in [6.07, 6.45) is 2.53. The molecule has 0 aromatic heterocycles. The third-order valence-electron chi connectivity index (χ3n) is 4.15.